The summed E-state index contributed by atoms with van der Waals surface area (Å²) in [6.07, 6.45) is 5.03. The summed E-state index contributed by atoms with van der Waals surface area (Å²) in [5, 5.41) is 21.8. The number of anilines is 2. The normalized spacial score (nSPS) is 12.7. The number of likely N-dealkylation sites (N-methyl/N-ethyl adjacent to an activating group) is 1. The summed E-state index contributed by atoms with van der Waals surface area (Å²) >= 11 is 0. The zero-order valence-electron chi connectivity index (χ0n) is 39.2. The Morgan fingerprint density at radius 3 is 1.65 bits per heavy atom. The van der Waals surface area contributed by atoms with Crippen LogP contribution in [0.2, 0.25) is 0 Å². The Morgan fingerprint density at radius 2 is 1.14 bits per heavy atom. The highest BCUT2D eigenvalue weighted by Gasteiger charge is 2.32. The Bertz CT molecular complexity index is 2310. The maximum absolute atomic E-state index is 12.6. The van der Waals surface area contributed by atoms with Gasteiger partial charge in [-0.2, -0.15) is 10.2 Å². The van der Waals surface area contributed by atoms with Crippen molar-refractivity contribution >= 4 is 46.3 Å². The maximum atomic E-state index is 12.6. The minimum absolute atomic E-state index is 0.0155. The van der Waals surface area contributed by atoms with Crippen LogP contribution in [0.5, 0.6) is 17.2 Å². The quantitative estimate of drug-likeness (QED) is 0.0219. The Hall–Kier alpha value is -7.09. The number of non-ortho nitro benzene ring substituents is 1. The van der Waals surface area contributed by atoms with Crippen molar-refractivity contribution in [3.05, 3.63) is 143 Å². The van der Waals surface area contributed by atoms with E-state index in [2.05, 4.69) is 29.4 Å². The zero-order chi connectivity index (χ0) is 48.0. The molecule has 0 bridgehead atoms. The Morgan fingerprint density at radius 1 is 0.636 bits per heavy atom. The van der Waals surface area contributed by atoms with Crippen LogP contribution < -0.4 is 19.7 Å². The fraction of sp³-hybridized carbons (Fsp3) is 0.365. The van der Waals surface area contributed by atoms with E-state index in [1.807, 2.05) is 94.2 Å². The molecule has 5 rings (SSSR count). The van der Waals surface area contributed by atoms with Gasteiger partial charge in [-0.3, -0.25) is 24.5 Å². The highest BCUT2D eigenvalue weighted by atomic mass is 16.6. The van der Waals surface area contributed by atoms with E-state index in [0.717, 1.165) is 50.0 Å². The molecule has 350 valence electrons. The lowest BCUT2D eigenvalue weighted by Gasteiger charge is -2.26. The number of nitro groups is 1. The first-order chi connectivity index (χ1) is 31.7. The van der Waals surface area contributed by atoms with Crippen molar-refractivity contribution < 1.29 is 38.3 Å². The number of azo groups is 1. The second kappa shape index (κ2) is 26.0. The standard InChI is InChI=1S/C29H33NO5.C23H30N4O4/c1-4-19-29(3,5-2)28(32)34-21-20-33-24-15-11-22(12-16-24)27(31)30-23-13-17-26(18-14-23)35-25-9-7-6-8-10-25;1-5-15-23(3,6-2)22(28)31-17-16-26(4)20-11-7-18(8-12-20)24-25-19-9-13-21(14-10-19)27(29)30/h6-18H,4-5,19-21H2,1-3H3,(H,30,31);7-14H,5-6,15-17H2,1-4H3. The first-order valence-electron chi connectivity index (χ1n) is 22.4. The molecule has 0 radical (unpaired) electrons. The number of carbonyl (C=O) groups is 3. The van der Waals surface area contributed by atoms with Crippen LogP contribution in [-0.2, 0) is 19.1 Å². The zero-order valence-corrected chi connectivity index (χ0v) is 39.2. The predicted molar refractivity (Wildman–Crippen MR) is 258 cm³/mol. The van der Waals surface area contributed by atoms with E-state index in [1.54, 1.807) is 60.7 Å². The number of para-hydroxylation sites is 1. The second-order valence-corrected chi connectivity index (χ2v) is 16.3. The molecule has 0 aliphatic heterocycles. The summed E-state index contributed by atoms with van der Waals surface area (Å²) in [7, 11) is 1.94. The molecule has 1 N–H and O–H groups in total. The number of rotatable bonds is 23. The van der Waals surface area contributed by atoms with E-state index in [9.17, 15) is 24.5 Å². The summed E-state index contributed by atoms with van der Waals surface area (Å²) in [5.74, 6) is 1.50. The van der Waals surface area contributed by atoms with Crippen LogP contribution in [0.3, 0.4) is 0 Å². The van der Waals surface area contributed by atoms with Gasteiger partial charge in [-0.05, 0) is 137 Å². The summed E-state index contributed by atoms with van der Waals surface area (Å²) in [5.41, 5.74) is 2.50. The Labute approximate surface area is 388 Å². The third-order valence-electron chi connectivity index (χ3n) is 11.2. The number of benzene rings is 5. The van der Waals surface area contributed by atoms with Gasteiger partial charge >= 0.3 is 11.9 Å². The largest absolute Gasteiger partial charge is 0.490 e. The average Bonchev–Trinajstić information content (AvgIpc) is 3.33. The molecule has 2 unspecified atom stereocenters. The molecule has 5 aromatic rings. The summed E-state index contributed by atoms with van der Waals surface area (Å²) in [6, 6.07) is 36.9. The molecule has 0 fully saturated rings. The summed E-state index contributed by atoms with van der Waals surface area (Å²) < 4.78 is 22.3. The Balaban J connectivity index is 0.000000291. The van der Waals surface area contributed by atoms with Crippen molar-refractivity contribution in [2.24, 2.45) is 21.1 Å². The van der Waals surface area contributed by atoms with Crippen molar-refractivity contribution in [1.82, 2.24) is 0 Å². The molecule has 66 heavy (non-hydrogen) atoms. The van der Waals surface area contributed by atoms with Crippen molar-refractivity contribution in [2.45, 2.75) is 80.1 Å². The lowest BCUT2D eigenvalue weighted by Crippen LogP contribution is -2.32. The fourth-order valence-corrected chi connectivity index (χ4v) is 6.66. The molecule has 0 aliphatic rings. The first kappa shape index (κ1) is 51.5. The number of ether oxygens (including phenoxy) is 4. The highest BCUT2D eigenvalue weighted by Crippen LogP contribution is 2.31. The number of hydrogen-bond donors (Lipinski definition) is 1. The lowest BCUT2D eigenvalue weighted by atomic mass is 9.83. The predicted octanol–water partition coefficient (Wildman–Crippen LogP) is 13.1. The lowest BCUT2D eigenvalue weighted by molar-refractivity contribution is -0.384. The van der Waals surface area contributed by atoms with Crippen molar-refractivity contribution in [3.63, 3.8) is 0 Å². The Kier molecular flexibility index (Phi) is 20.3. The van der Waals surface area contributed by atoms with Crippen LogP contribution in [0.25, 0.3) is 0 Å². The topological polar surface area (TPSA) is 171 Å². The molecule has 0 saturated heterocycles. The van der Waals surface area contributed by atoms with Gasteiger partial charge in [-0.1, -0.05) is 58.7 Å². The van der Waals surface area contributed by atoms with Gasteiger partial charge in [0.1, 0.15) is 37.1 Å². The monoisotopic (exact) mass is 901 g/mol. The molecule has 0 aliphatic carbocycles. The minimum atomic E-state index is -0.454. The minimum Gasteiger partial charge on any atom is -0.490 e. The molecule has 14 nitrogen and oxygen atoms in total. The number of nitrogens with one attached hydrogen (secondary N) is 1. The third-order valence-corrected chi connectivity index (χ3v) is 11.2. The third kappa shape index (κ3) is 16.2. The molecule has 14 heteroatoms. The molecule has 1 amide bonds. The molecule has 5 aromatic carbocycles. The van der Waals surface area contributed by atoms with E-state index >= 15 is 0 Å². The number of amides is 1. The maximum Gasteiger partial charge on any atom is 0.311 e. The molecule has 0 aromatic heterocycles. The van der Waals surface area contributed by atoms with E-state index in [4.69, 9.17) is 18.9 Å². The van der Waals surface area contributed by atoms with Gasteiger partial charge in [0.25, 0.3) is 11.6 Å². The van der Waals surface area contributed by atoms with E-state index < -0.39 is 15.8 Å². The molecule has 0 spiro atoms. The number of nitro benzene ring substituents is 1. The van der Waals surface area contributed by atoms with Crippen molar-refractivity contribution in [1.29, 1.82) is 0 Å². The average molecular weight is 902 g/mol. The van der Waals surface area contributed by atoms with Crippen molar-refractivity contribution in [2.75, 3.05) is 43.6 Å². The van der Waals surface area contributed by atoms with Crippen LogP contribution in [0.4, 0.5) is 28.4 Å². The SMILES string of the molecule is CCCC(C)(CC)C(=O)OCCN(C)c1ccc(N=Nc2ccc([N+](=O)[O-])cc2)cc1.CCCC(C)(CC)C(=O)OCCOc1ccc(C(=O)Nc2ccc(Oc3ccccc3)cc2)cc1. The van der Waals surface area contributed by atoms with E-state index in [1.165, 1.54) is 12.1 Å². The van der Waals surface area contributed by atoms with Crippen LogP contribution in [0, 0.1) is 20.9 Å². The van der Waals surface area contributed by atoms with Gasteiger partial charge in [0.05, 0.1) is 33.7 Å². The second-order valence-electron chi connectivity index (χ2n) is 16.3. The molecular weight excluding hydrogens is 839 g/mol. The van der Waals surface area contributed by atoms with Crippen LogP contribution in [-0.4, -0.2) is 56.2 Å². The van der Waals surface area contributed by atoms with Crippen LogP contribution in [0.15, 0.2) is 138 Å². The number of carbonyl (C=O) groups excluding carboxylic acids is 3. The molecule has 0 heterocycles. The van der Waals surface area contributed by atoms with E-state index in [0.29, 0.717) is 47.3 Å². The molecule has 0 saturated carbocycles. The highest BCUT2D eigenvalue weighted by molar-refractivity contribution is 6.04. The number of nitrogens with zero attached hydrogens (tertiary/aromatic N) is 4. The van der Waals surface area contributed by atoms with Crippen LogP contribution in [0.1, 0.15) is 90.4 Å². The van der Waals surface area contributed by atoms with Gasteiger partial charge in [0, 0.05) is 36.1 Å². The van der Waals surface area contributed by atoms with Crippen LogP contribution >= 0.6 is 0 Å². The smallest absolute Gasteiger partial charge is 0.311 e. The van der Waals surface area contributed by atoms with Gasteiger partial charge in [-0.15, -0.1) is 0 Å². The van der Waals surface area contributed by atoms with E-state index in [-0.39, 0.29) is 36.7 Å². The number of esters is 2. The van der Waals surface area contributed by atoms with Gasteiger partial charge in [0.15, 0.2) is 0 Å². The number of hydrogen-bond acceptors (Lipinski definition) is 12. The van der Waals surface area contributed by atoms with Crippen molar-refractivity contribution in [3.8, 4) is 17.2 Å². The van der Waals surface area contributed by atoms with Gasteiger partial charge in [-0.25, -0.2) is 0 Å². The fourth-order valence-electron chi connectivity index (χ4n) is 6.66. The molecular formula is C52H63N5O9. The first-order valence-corrected chi connectivity index (χ1v) is 22.4. The molecule has 2 atom stereocenters. The summed E-state index contributed by atoms with van der Waals surface area (Å²) in [4.78, 5) is 49.5. The van der Waals surface area contributed by atoms with Gasteiger partial charge in [0.2, 0.25) is 0 Å². The summed E-state index contributed by atoms with van der Waals surface area (Å²) in [6.45, 7) is 13.4. The van der Waals surface area contributed by atoms with Gasteiger partial charge < -0.3 is 29.2 Å².